The molecule has 3 atom stereocenters. The van der Waals surface area contributed by atoms with E-state index in [4.69, 9.17) is 0 Å². The highest BCUT2D eigenvalue weighted by molar-refractivity contribution is 5.76. The number of hydrogen-bond acceptors (Lipinski definition) is 5. The largest absolute Gasteiger partial charge is 0.435 e. The minimum Gasteiger partial charge on any atom is -0.338 e. The number of aryl methyl sites for hydroxylation is 3. The zero-order valence-electron chi connectivity index (χ0n) is 18.3. The average Bonchev–Trinajstić information content (AvgIpc) is 3.39. The van der Waals surface area contributed by atoms with Gasteiger partial charge < -0.3 is 4.90 Å². The molecule has 32 heavy (non-hydrogen) atoms. The molecule has 4 heterocycles. The summed E-state index contributed by atoms with van der Waals surface area (Å²) in [5, 5.41) is 3.65. The van der Waals surface area contributed by atoms with E-state index in [1.165, 1.54) is 10.2 Å². The number of piperidine rings is 1. The first-order chi connectivity index (χ1) is 15.3. The van der Waals surface area contributed by atoms with Crippen molar-refractivity contribution in [2.75, 3.05) is 13.1 Å². The molecule has 2 fully saturated rings. The Bertz CT molecular complexity index is 959. The molecule has 0 radical (unpaired) electrons. The van der Waals surface area contributed by atoms with Crippen molar-refractivity contribution in [2.45, 2.75) is 70.3 Å². The standard InChI is InChI=1S/C22H29F3N6O/c1-14-12-26-8-6-16(14)17-13-27-28-21(17)18-5-3-4-9-30(18)20(32)7-10-31-15(2)11-19(29-31)22(23,24)25/h6,8,11-12,17-18,21,27-28H,3-5,7,9-10,13H2,1-2H3. The van der Waals surface area contributed by atoms with Gasteiger partial charge in [0.05, 0.1) is 0 Å². The molecule has 7 nitrogen and oxygen atoms in total. The molecule has 0 aromatic carbocycles. The van der Waals surface area contributed by atoms with Crippen molar-refractivity contribution in [3.05, 3.63) is 47.0 Å². The zero-order valence-corrected chi connectivity index (χ0v) is 18.3. The second-order valence-electron chi connectivity index (χ2n) is 8.68. The van der Waals surface area contributed by atoms with Crippen LogP contribution >= 0.6 is 0 Å². The van der Waals surface area contributed by atoms with E-state index < -0.39 is 11.9 Å². The maximum absolute atomic E-state index is 13.2. The van der Waals surface area contributed by atoms with Crippen molar-refractivity contribution in [2.24, 2.45) is 0 Å². The number of halogens is 3. The molecule has 0 saturated carbocycles. The van der Waals surface area contributed by atoms with E-state index in [1.54, 1.807) is 13.1 Å². The summed E-state index contributed by atoms with van der Waals surface area (Å²) in [4.78, 5) is 19.3. The number of aromatic nitrogens is 3. The third-order valence-electron chi connectivity index (χ3n) is 6.58. The first-order valence-electron chi connectivity index (χ1n) is 11.1. The number of rotatable bonds is 5. The fourth-order valence-electron chi connectivity index (χ4n) is 4.94. The molecule has 2 aliphatic heterocycles. The van der Waals surface area contributed by atoms with E-state index in [0.717, 1.165) is 37.4 Å². The van der Waals surface area contributed by atoms with Crippen molar-refractivity contribution < 1.29 is 18.0 Å². The summed E-state index contributed by atoms with van der Waals surface area (Å²) in [5.41, 5.74) is 8.45. The van der Waals surface area contributed by atoms with Gasteiger partial charge in [-0.05, 0) is 56.4 Å². The third-order valence-corrected chi connectivity index (χ3v) is 6.58. The fourth-order valence-corrected chi connectivity index (χ4v) is 4.94. The maximum atomic E-state index is 13.2. The lowest BCUT2D eigenvalue weighted by Gasteiger charge is -2.41. The van der Waals surface area contributed by atoms with Crippen LogP contribution in [0.2, 0.25) is 0 Å². The highest BCUT2D eigenvalue weighted by atomic mass is 19.4. The Kier molecular flexibility index (Phi) is 6.52. The predicted molar refractivity (Wildman–Crippen MR) is 113 cm³/mol. The van der Waals surface area contributed by atoms with E-state index in [9.17, 15) is 18.0 Å². The van der Waals surface area contributed by atoms with E-state index in [1.807, 2.05) is 24.1 Å². The van der Waals surface area contributed by atoms with E-state index in [2.05, 4.69) is 20.9 Å². The van der Waals surface area contributed by atoms with Gasteiger partial charge in [-0.15, -0.1) is 0 Å². The molecular formula is C22H29F3N6O. The Labute approximate surface area is 185 Å². The van der Waals surface area contributed by atoms with Crippen LogP contribution in [-0.2, 0) is 17.5 Å². The van der Waals surface area contributed by atoms with Gasteiger partial charge in [-0.3, -0.25) is 25.3 Å². The molecule has 3 unspecified atom stereocenters. The predicted octanol–water partition coefficient (Wildman–Crippen LogP) is 2.95. The quantitative estimate of drug-likeness (QED) is 0.733. The summed E-state index contributed by atoms with van der Waals surface area (Å²) < 4.78 is 40.1. The Hall–Kier alpha value is -2.46. The van der Waals surface area contributed by atoms with E-state index in [-0.39, 0.29) is 36.9 Å². The summed E-state index contributed by atoms with van der Waals surface area (Å²) in [6, 6.07) is 3.14. The van der Waals surface area contributed by atoms with Crippen molar-refractivity contribution in [3.8, 4) is 0 Å². The molecule has 2 aliphatic rings. The zero-order chi connectivity index (χ0) is 22.9. The number of likely N-dealkylation sites (tertiary alicyclic amines) is 1. The fraction of sp³-hybridized carbons (Fsp3) is 0.591. The van der Waals surface area contributed by atoms with Crippen LogP contribution in [0.25, 0.3) is 0 Å². The van der Waals surface area contributed by atoms with Gasteiger partial charge >= 0.3 is 6.18 Å². The van der Waals surface area contributed by atoms with Crippen LogP contribution in [0.1, 0.15) is 54.1 Å². The Morgan fingerprint density at radius 1 is 1.28 bits per heavy atom. The molecule has 174 valence electrons. The molecule has 2 saturated heterocycles. The normalized spacial score (nSPS) is 24.2. The third kappa shape index (κ3) is 4.66. The Morgan fingerprint density at radius 3 is 2.81 bits per heavy atom. The molecule has 2 aromatic rings. The van der Waals surface area contributed by atoms with Gasteiger partial charge in [0.25, 0.3) is 0 Å². The topological polar surface area (TPSA) is 75.1 Å². The molecule has 0 aliphatic carbocycles. The highest BCUT2D eigenvalue weighted by Crippen LogP contribution is 2.32. The average molecular weight is 451 g/mol. The number of pyridine rings is 1. The number of amides is 1. The molecule has 1 amide bonds. The molecule has 0 bridgehead atoms. The number of hydrazine groups is 1. The van der Waals surface area contributed by atoms with Gasteiger partial charge in [-0.1, -0.05) is 0 Å². The van der Waals surface area contributed by atoms with Gasteiger partial charge in [0.2, 0.25) is 5.91 Å². The van der Waals surface area contributed by atoms with Gasteiger partial charge in [-0.2, -0.15) is 18.3 Å². The van der Waals surface area contributed by atoms with Crippen molar-refractivity contribution >= 4 is 5.91 Å². The van der Waals surface area contributed by atoms with Crippen LogP contribution in [0.4, 0.5) is 13.2 Å². The number of carbonyl (C=O) groups is 1. The summed E-state index contributed by atoms with van der Waals surface area (Å²) in [6.45, 7) is 5.18. The van der Waals surface area contributed by atoms with Gasteiger partial charge in [-0.25, -0.2) is 0 Å². The van der Waals surface area contributed by atoms with Gasteiger partial charge in [0.1, 0.15) is 0 Å². The lowest BCUT2D eigenvalue weighted by atomic mass is 9.83. The number of carbonyl (C=O) groups excluding carboxylic acids is 1. The summed E-state index contributed by atoms with van der Waals surface area (Å²) in [6.07, 6.45) is 2.15. The van der Waals surface area contributed by atoms with E-state index in [0.29, 0.717) is 12.2 Å². The van der Waals surface area contributed by atoms with Crippen LogP contribution < -0.4 is 10.9 Å². The van der Waals surface area contributed by atoms with Crippen LogP contribution in [0.15, 0.2) is 24.5 Å². The molecule has 0 spiro atoms. The van der Waals surface area contributed by atoms with E-state index >= 15 is 0 Å². The lowest BCUT2D eigenvalue weighted by Crippen LogP contribution is -2.55. The van der Waals surface area contributed by atoms with Crippen molar-refractivity contribution in [1.82, 2.24) is 30.5 Å². The van der Waals surface area contributed by atoms with Gasteiger partial charge in [0.15, 0.2) is 5.69 Å². The highest BCUT2D eigenvalue weighted by Gasteiger charge is 2.40. The summed E-state index contributed by atoms with van der Waals surface area (Å²) in [5.74, 6) is 0.163. The number of hydrogen-bond donors (Lipinski definition) is 2. The lowest BCUT2D eigenvalue weighted by molar-refractivity contribution is -0.141. The second kappa shape index (κ2) is 9.19. The summed E-state index contributed by atoms with van der Waals surface area (Å²) in [7, 11) is 0. The first kappa shape index (κ1) is 22.7. The van der Waals surface area contributed by atoms with Crippen LogP contribution in [0.5, 0.6) is 0 Å². The molecule has 2 N–H and O–H groups in total. The monoisotopic (exact) mass is 450 g/mol. The summed E-state index contributed by atoms with van der Waals surface area (Å²) >= 11 is 0. The maximum Gasteiger partial charge on any atom is 0.435 e. The minimum atomic E-state index is -4.49. The van der Waals surface area contributed by atoms with Crippen molar-refractivity contribution in [1.29, 1.82) is 0 Å². The van der Waals surface area contributed by atoms with Gasteiger partial charge in [0, 0.05) is 62.1 Å². The van der Waals surface area contributed by atoms with Crippen LogP contribution in [0, 0.1) is 13.8 Å². The number of nitrogens with one attached hydrogen (secondary N) is 2. The van der Waals surface area contributed by atoms with Crippen molar-refractivity contribution in [3.63, 3.8) is 0 Å². The molecule has 4 rings (SSSR count). The first-order valence-corrected chi connectivity index (χ1v) is 11.1. The number of alkyl halides is 3. The SMILES string of the molecule is Cc1cnccc1C1CNNC1C1CCCCN1C(=O)CCn1nc(C(F)(F)F)cc1C. The molecule has 10 heteroatoms. The minimum absolute atomic E-state index is 0.0215. The molecular weight excluding hydrogens is 421 g/mol. The second-order valence-corrected chi connectivity index (χ2v) is 8.68. The Balaban J connectivity index is 1.47. The Morgan fingerprint density at radius 2 is 2.09 bits per heavy atom. The van der Waals surface area contributed by atoms with Crippen LogP contribution in [0.3, 0.4) is 0 Å². The van der Waals surface area contributed by atoms with Crippen LogP contribution in [-0.4, -0.2) is 50.7 Å². The molecule has 2 aromatic heterocycles. The smallest absolute Gasteiger partial charge is 0.338 e. The number of nitrogens with zero attached hydrogens (tertiary/aromatic N) is 4.